The van der Waals surface area contributed by atoms with Gasteiger partial charge in [-0.1, -0.05) is 36.0 Å². The molecule has 0 radical (unpaired) electrons. The number of nitrogens with zero attached hydrogens (tertiary/aromatic N) is 3. The first-order valence-corrected chi connectivity index (χ1v) is 6.79. The summed E-state index contributed by atoms with van der Waals surface area (Å²) in [4.78, 5) is 13.0. The molecule has 1 N–H and O–H groups in total. The van der Waals surface area contributed by atoms with Crippen molar-refractivity contribution in [3.8, 4) is 22.4 Å². The van der Waals surface area contributed by atoms with Crippen molar-refractivity contribution in [1.29, 1.82) is 0 Å². The molecule has 3 rings (SSSR count). The van der Waals surface area contributed by atoms with Crippen LogP contribution in [0.4, 0.5) is 4.39 Å². The molecule has 0 aliphatic carbocycles. The van der Waals surface area contributed by atoms with Crippen LogP contribution in [0.2, 0.25) is 0 Å². The third-order valence-corrected chi connectivity index (χ3v) is 2.85. The minimum absolute atomic E-state index is 0. The third kappa shape index (κ3) is 5.34. The fourth-order valence-electron chi connectivity index (χ4n) is 1.97. The molecule has 0 spiro atoms. The van der Waals surface area contributed by atoms with Gasteiger partial charge in [0.05, 0.1) is 0 Å². The summed E-state index contributed by atoms with van der Waals surface area (Å²) < 4.78 is 14.6. The maximum atomic E-state index is 13.0. The number of benzene rings is 1. The fourth-order valence-corrected chi connectivity index (χ4v) is 1.97. The predicted octanol–water partition coefficient (Wildman–Crippen LogP) is 0.183. The minimum Gasteiger partial charge on any atom is -0.481 e. The zero-order valence-electron chi connectivity index (χ0n) is 13.7. The van der Waals surface area contributed by atoms with Gasteiger partial charge in [0.15, 0.2) is 0 Å². The molecule has 7 heteroatoms. The number of carbonyl (C=O) groups is 1. The van der Waals surface area contributed by atoms with Crippen molar-refractivity contribution in [2.75, 3.05) is 0 Å². The van der Waals surface area contributed by atoms with Gasteiger partial charge in [0.1, 0.15) is 5.82 Å². The zero-order valence-corrected chi connectivity index (χ0v) is 13.7. The van der Waals surface area contributed by atoms with E-state index in [1.54, 1.807) is 29.2 Å². The molecule has 2 aromatic heterocycles. The van der Waals surface area contributed by atoms with E-state index in [2.05, 4.69) is 16.3 Å². The molecule has 0 aliphatic rings. The molecule has 0 saturated heterocycles. The Hall–Kier alpha value is -2.42. The van der Waals surface area contributed by atoms with E-state index in [-0.39, 0.29) is 24.7 Å². The van der Waals surface area contributed by atoms with Crippen LogP contribution in [0, 0.1) is 12.0 Å². The molecular weight excluding hydrogens is 304 g/mol. The van der Waals surface area contributed by atoms with E-state index in [0.717, 1.165) is 29.3 Å². The number of hydrogen-bond acceptors (Lipinski definition) is 3. The molecule has 0 atom stereocenters. The van der Waals surface area contributed by atoms with Gasteiger partial charge in [0.2, 0.25) is 0 Å². The Balaban J connectivity index is 0.000000522. The molecule has 118 valence electrons. The van der Waals surface area contributed by atoms with Crippen LogP contribution in [0.3, 0.4) is 0 Å². The number of aryl methyl sites for hydroxylation is 1. The molecule has 0 unspecified atom stereocenters. The molecule has 24 heavy (non-hydrogen) atoms. The van der Waals surface area contributed by atoms with E-state index in [4.69, 9.17) is 9.90 Å². The van der Waals surface area contributed by atoms with Gasteiger partial charge in [-0.15, -0.1) is 11.1 Å². The second-order valence-electron chi connectivity index (χ2n) is 4.72. The third-order valence-electron chi connectivity index (χ3n) is 2.85. The molecule has 0 bridgehead atoms. The van der Waals surface area contributed by atoms with Crippen LogP contribution in [-0.2, 0) is 11.8 Å². The van der Waals surface area contributed by atoms with Crippen LogP contribution < -0.4 is 18.9 Å². The van der Waals surface area contributed by atoms with Gasteiger partial charge in [0.25, 0.3) is 5.97 Å². The average molecular weight is 319 g/mol. The summed E-state index contributed by atoms with van der Waals surface area (Å²) in [5, 5.41) is 11.8. The molecule has 5 nitrogen and oxygen atoms in total. The Labute approximate surface area is 151 Å². The number of pyridine rings is 1. The second kappa shape index (κ2) is 9.02. The summed E-state index contributed by atoms with van der Waals surface area (Å²) in [7, 11) is 1.82. The number of carboxylic acids is 1. The first-order valence-electron chi connectivity index (χ1n) is 6.79. The second-order valence-corrected chi connectivity index (χ2v) is 4.72. The Kier molecular flexibility index (Phi) is 7.37. The Morgan fingerprint density at radius 2 is 1.67 bits per heavy atom. The molecule has 0 aliphatic heterocycles. The number of carboxylic acid groups (broad SMARTS) is 1. The number of rotatable bonds is 2. The first-order chi connectivity index (χ1) is 11.0. The van der Waals surface area contributed by atoms with E-state index in [1.165, 1.54) is 12.1 Å². The normalized spacial score (nSPS) is 9.46. The summed E-state index contributed by atoms with van der Waals surface area (Å²) >= 11 is 0. The standard InChI is InChI=1S/C15H11FN3.C2H4O2.Li/c1-19-10-14(11-6-8-17-9-7-11)15(18-19)12-2-4-13(16)5-3-12;1-2(3)4;/h2-9H,1H3;1H3,(H,3,4);/q-1;;+1. The molecule has 1 aromatic carbocycles. The predicted molar refractivity (Wildman–Crippen MR) is 84.0 cm³/mol. The van der Waals surface area contributed by atoms with E-state index < -0.39 is 5.97 Å². The summed E-state index contributed by atoms with van der Waals surface area (Å²) in [6, 6.07) is 10.1. The van der Waals surface area contributed by atoms with Gasteiger partial charge >= 0.3 is 18.9 Å². The van der Waals surface area contributed by atoms with Gasteiger partial charge in [-0.05, 0) is 17.8 Å². The summed E-state index contributed by atoms with van der Waals surface area (Å²) in [6.07, 6.45) is 6.61. The summed E-state index contributed by atoms with van der Waals surface area (Å²) in [6.45, 7) is 1.08. The fraction of sp³-hybridized carbons (Fsp3) is 0.118. The van der Waals surface area contributed by atoms with E-state index >= 15 is 0 Å². The molecule has 3 aromatic rings. The summed E-state index contributed by atoms with van der Waals surface area (Å²) in [5.74, 6) is -1.09. The quantitative estimate of drug-likeness (QED) is 0.541. The number of hydrogen-bond donors (Lipinski definition) is 1. The van der Waals surface area contributed by atoms with Crippen molar-refractivity contribution in [3.05, 3.63) is 60.8 Å². The smallest absolute Gasteiger partial charge is 0.481 e. The van der Waals surface area contributed by atoms with Gasteiger partial charge in [-0.2, -0.15) is 0 Å². The van der Waals surface area contributed by atoms with Crippen molar-refractivity contribution in [3.63, 3.8) is 0 Å². The van der Waals surface area contributed by atoms with Crippen molar-refractivity contribution in [2.24, 2.45) is 7.05 Å². The Bertz CT molecular complexity index is 785. The van der Waals surface area contributed by atoms with Crippen LogP contribution in [-0.4, -0.2) is 25.8 Å². The molecule has 0 fully saturated rings. The van der Waals surface area contributed by atoms with Gasteiger partial charge < -0.3 is 9.79 Å². The first kappa shape index (κ1) is 19.6. The largest absolute Gasteiger partial charge is 1.00 e. The van der Waals surface area contributed by atoms with Crippen molar-refractivity contribution >= 4 is 5.97 Å². The van der Waals surface area contributed by atoms with Crippen molar-refractivity contribution < 1.29 is 33.2 Å². The minimum atomic E-state index is -0.833. The number of aliphatic carboxylic acids is 1. The zero-order chi connectivity index (χ0) is 16.8. The number of halogens is 1. The van der Waals surface area contributed by atoms with E-state index in [1.807, 2.05) is 19.2 Å². The Morgan fingerprint density at radius 1 is 1.12 bits per heavy atom. The average Bonchev–Trinajstić information content (AvgIpc) is 2.90. The Morgan fingerprint density at radius 3 is 2.21 bits per heavy atom. The van der Waals surface area contributed by atoms with Crippen molar-refractivity contribution in [1.82, 2.24) is 14.8 Å². The van der Waals surface area contributed by atoms with Gasteiger partial charge in [-0.3, -0.25) is 14.9 Å². The molecule has 2 heterocycles. The molecular formula is C17H15FLiN3O2. The van der Waals surface area contributed by atoms with Gasteiger partial charge in [-0.25, -0.2) is 4.39 Å². The SMILES string of the molecule is CC(=O)O.Cn1[c-]c(-c2ccncc2)c(-c2ccc(F)cc2)n1.[Li+]. The molecule has 0 amide bonds. The van der Waals surface area contributed by atoms with E-state index in [0.29, 0.717) is 0 Å². The van der Waals surface area contributed by atoms with Crippen LogP contribution in [0.5, 0.6) is 0 Å². The van der Waals surface area contributed by atoms with Crippen LogP contribution in [0.1, 0.15) is 6.92 Å². The van der Waals surface area contributed by atoms with Crippen LogP contribution >= 0.6 is 0 Å². The van der Waals surface area contributed by atoms with E-state index in [9.17, 15) is 4.39 Å². The van der Waals surface area contributed by atoms with Gasteiger partial charge in [0, 0.05) is 26.4 Å². The van der Waals surface area contributed by atoms with Crippen LogP contribution in [0.25, 0.3) is 22.4 Å². The number of aromatic nitrogens is 3. The van der Waals surface area contributed by atoms with Crippen molar-refractivity contribution in [2.45, 2.75) is 6.92 Å². The van der Waals surface area contributed by atoms with Crippen LogP contribution in [0.15, 0.2) is 48.8 Å². The maximum Gasteiger partial charge on any atom is 1.00 e. The maximum absolute atomic E-state index is 13.0. The molecule has 0 saturated carbocycles. The topological polar surface area (TPSA) is 68.0 Å². The monoisotopic (exact) mass is 319 g/mol. The summed E-state index contributed by atoms with van der Waals surface area (Å²) in [5.41, 5.74) is 3.53.